The molecule has 0 saturated carbocycles. The van der Waals surface area contributed by atoms with Crippen molar-refractivity contribution in [3.05, 3.63) is 23.8 Å². The zero-order chi connectivity index (χ0) is 9.68. The summed E-state index contributed by atoms with van der Waals surface area (Å²) in [6.07, 6.45) is 0. The Bertz CT molecular complexity index is 331. The lowest BCUT2D eigenvalue weighted by Crippen LogP contribution is -2.03. The highest BCUT2D eigenvalue weighted by molar-refractivity contribution is 5.55. The molecular formula is C9H10N2O2. The van der Waals surface area contributed by atoms with Gasteiger partial charge < -0.3 is 15.6 Å². The van der Waals surface area contributed by atoms with Crippen molar-refractivity contribution in [2.45, 2.75) is 0 Å². The number of rotatable bonds is 3. The maximum atomic E-state index is 8.58. The van der Waals surface area contributed by atoms with Crippen molar-refractivity contribution in [1.82, 2.24) is 0 Å². The average molecular weight is 178 g/mol. The predicted molar refractivity (Wildman–Crippen MR) is 48.2 cm³/mol. The quantitative estimate of drug-likeness (QED) is 0.661. The maximum Gasteiger partial charge on any atom is 0.143 e. The molecule has 0 bridgehead atoms. The molecule has 0 aliphatic heterocycles. The standard InChI is InChI=1S/C9H10N2O2/c10-6-7-1-2-8(11)9(5-7)13-4-3-12/h1-2,5,12H,3-4,11H2. The van der Waals surface area contributed by atoms with Crippen molar-refractivity contribution in [2.24, 2.45) is 0 Å². The van der Waals surface area contributed by atoms with Gasteiger partial charge in [0.2, 0.25) is 0 Å². The summed E-state index contributed by atoms with van der Waals surface area (Å²) in [5, 5.41) is 17.1. The van der Waals surface area contributed by atoms with E-state index in [1.165, 1.54) is 0 Å². The van der Waals surface area contributed by atoms with E-state index in [4.69, 9.17) is 20.8 Å². The first-order valence-electron chi connectivity index (χ1n) is 3.81. The molecule has 0 heterocycles. The second-order valence-electron chi connectivity index (χ2n) is 2.44. The van der Waals surface area contributed by atoms with Gasteiger partial charge in [0.15, 0.2) is 0 Å². The third-order valence-corrected chi connectivity index (χ3v) is 1.49. The maximum absolute atomic E-state index is 8.58. The molecule has 13 heavy (non-hydrogen) atoms. The van der Waals surface area contributed by atoms with Crippen LogP contribution in [0, 0.1) is 11.3 Å². The molecule has 0 amide bonds. The SMILES string of the molecule is N#Cc1ccc(N)c(OCCO)c1. The van der Waals surface area contributed by atoms with Crippen LogP contribution in [0.4, 0.5) is 5.69 Å². The predicted octanol–water partition coefficient (Wildman–Crippen LogP) is 0.512. The van der Waals surface area contributed by atoms with E-state index in [9.17, 15) is 0 Å². The van der Waals surface area contributed by atoms with E-state index in [1.54, 1.807) is 18.2 Å². The summed E-state index contributed by atoms with van der Waals surface area (Å²) < 4.78 is 5.10. The van der Waals surface area contributed by atoms with Crippen molar-refractivity contribution in [2.75, 3.05) is 18.9 Å². The Morgan fingerprint density at radius 3 is 2.92 bits per heavy atom. The summed E-state index contributed by atoms with van der Waals surface area (Å²) in [5.74, 6) is 0.438. The number of benzene rings is 1. The average Bonchev–Trinajstić information content (AvgIpc) is 2.17. The number of aliphatic hydroxyl groups excluding tert-OH is 1. The van der Waals surface area contributed by atoms with Crippen molar-refractivity contribution < 1.29 is 9.84 Å². The van der Waals surface area contributed by atoms with Gasteiger partial charge in [-0.25, -0.2) is 0 Å². The van der Waals surface area contributed by atoms with E-state index in [-0.39, 0.29) is 13.2 Å². The zero-order valence-corrected chi connectivity index (χ0v) is 7.03. The summed E-state index contributed by atoms with van der Waals surface area (Å²) in [4.78, 5) is 0. The number of nitriles is 1. The number of anilines is 1. The molecule has 0 spiro atoms. The molecule has 0 aliphatic carbocycles. The minimum absolute atomic E-state index is 0.0732. The largest absolute Gasteiger partial charge is 0.489 e. The lowest BCUT2D eigenvalue weighted by atomic mass is 10.2. The molecule has 4 nitrogen and oxygen atoms in total. The monoisotopic (exact) mass is 178 g/mol. The van der Waals surface area contributed by atoms with Crippen LogP contribution in [0.3, 0.4) is 0 Å². The molecule has 68 valence electrons. The first kappa shape index (κ1) is 9.36. The highest BCUT2D eigenvalue weighted by atomic mass is 16.5. The number of nitrogens with zero attached hydrogens (tertiary/aromatic N) is 1. The molecule has 1 aromatic carbocycles. The molecule has 0 radical (unpaired) electrons. The lowest BCUT2D eigenvalue weighted by molar-refractivity contribution is 0.202. The molecule has 0 atom stereocenters. The second-order valence-corrected chi connectivity index (χ2v) is 2.44. The molecule has 0 unspecified atom stereocenters. The van der Waals surface area contributed by atoms with E-state index in [2.05, 4.69) is 0 Å². The van der Waals surface area contributed by atoms with Gasteiger partial charge in [0.05, 0.1) is 23.9 Å². The van der Waals surface area contributed by atoms with Crippen molar-refractivity contribution in [3.63, 3.8) is 0 Å². The third kappa shape index (κ3) is 2.36. The molecule has 4 heteroatoms. The lowest BCUT2D eigenvalue weighted by Gasteiger charge is -2.06. The molecule has 1 aromatic rings. The Kier molecular flexibility index (Phi) is 3.12. The number of hydrogen-bond donors (Lipinski definition) is 2. The summed E-state index contributed by atoms with van der Waals surface area (Å²) in [6, 6.07) is 6.73. The van der Waals surface area contributed by atoms with Crippen molar-refractivity contribution >= 4 is 5.69 Å². The number of aliphatic hydroxyl groups is 1. The van der Waals surface area contributed by atoms with Crippen LogP contribution in [0.25, 0.3) is 0 Å². The second kappa shape index (κ2) is 4.33. The first-order chi connectivity index (χ1) is 6.27. The Morgan fingerprint density at radius 2 is 2.31 bits per heavy atom. The molecule has 0 aliphatic rings. The van der Waals surface area contributed by atoms with E-state index in [0.717, 1.165) is 0 Å². The Morgan fingerprint density at radius 1 is 1.54 bits per heavy atom. The van der Waals surface area contributed by atoms with Gasteiger partial charge >= 0.3 is 0 Å². The van der Waals surface area contributed by atoms with Gasteiger partial charge in [0.1, 0.15) is 12.4 Å². The van der Waals surface area contributed by atoms with Crippen LogP contribution in [0.15, 0.2) is 18.2 Å². The minimum atomic E-state index is -0.0732. The summed E-state index contributed by atoms with van der Waals surface area (Å²) in [7, 11) is 0. The van der Waals surface area contributed by atoms with Crippen LogP contribution in [0.5, 0.6) is 5.75 Å². The molecule has 0 saturated heterocycles. The number of nitrogens with two attached hydrogens (primary N) is 1. The molecule has 3 N–H and O–H groups in total. The highest BCUT2D eigenvalue weighted by Crippen LogP contribution is 2.21. The van der Waals surface area contributed by atoms with Crippen LogP contribution < -0.4 is 10.5 Å². The van der Waals surface area contributed by atoms with Crippen LogP contribution in [-0.2, 0) is 0 Å². The number of hydrogen-bond acceptors (Lipinski definition) is 4. The third-order valence-electron chi connectivity index (χ3n) is 1.49. The van der Waals surface area contributed by atoms with Gasteiger partial charge in [0.25, 0.3) is 0 Å². The van der Waals surface area contributed by atoms with E-state index in [0.29, 0.717) is 17.0 Å². The Labute approximate surface area is 76.2 Å². The molecule has 0 fully saturated rings. The fourth-order valence-electron chi connectivity index (χ4n) is 0.885. The van der Waals surface area contributed by atoms with Gasteiger partial charge in [-0.05, 0) is 12.1 Å². The fourth-order valence-corrected chi connectivity index (χ4v) is 0.885. The van der Waals surface area contributed by atoms with Crippen LogP contribution in [0.1, 0.15) is 5.56 Å². The van der Waals surface area contributed by atoms with Crippen LogP contribution >= 0.6 is 0 Å². The highest BCUT2D eigenvalue weighted by Gasteiger charge is 2.00. The van der Waals surface area contributed by atoms with E-state index in [1.807, 2.05) is 6.07 Å². The van der Waals surface area contributed by atoms with Gasteiger partial charge in [-0.1, -0.05) is 0 Å². The van der Waals surface area contributed by atoms with Gasteiger partial charge in [-0.3, -0.25) is 0 Å². The smallest absolute Gasteiger partial charge is 0.143 e. The van der Waals surface area contributed by atoms with E-state index >= 15 is 0 Å². The first-order valence-corrected chi connectivity index (χ1v) is 3.81. The normalized spacial score (nSPS) is 9.23. The number of nitrogen functional groups attached to an aromatic ring is 1. The van der Waals surface area contributed by atoms with Crippen molar-refractivity contribution in [3.8, 4) is 11.8 Å². The Hall–Kier alpha value is -1.73. The zero-order valence-electron chi connectivity index (χ0n) is 7.03. The minimum Gasteiger partial charge on any atom is -0.489 e. The summed E-state index contributed by atoms with van der Waals surface area (Å²) >= 11 is 0. The topological polar surface area (TPSA) is 79.3 Å². The molecule has 0 aromatic heterocycles. The van der Waals surface area contributed by atoms with E-state index < -0.39 is 0 Å². The van der Waals surface area contributed by atoms with Crippen LogP contribution in [-0.4, -0.2) is 18.3 Å². The summed E-state index contributed by atoms with van der Waals surface area (Å²) in [5.41, 5.74) is 6.52. The van der Waals surface area contributed by atoms with Gasteiger partial charge in [0, 0.05) is 6.07 Å². The van der Waals surface area contributed by atoms with Gasteiger partial charge in [-0.2, -0.15) is 5.26 Å². The van der Waals surface area contributed by atoms with Gasteiger partial charge in [-0.15, -0.1) is 0 Å². The van der Waals surface area contributed by atoms with Crippen molar-refractivity contribution in [1.29, 1.82) is 5.26 Å². The summed E-state index contributed by atoms with van der Waals surface area (Å²) in [6.45, 7) is 0.106. The Balaban J connectivity index is 2.85. The number of ether oxygens (including phenoxy) is 1. The fraction of sp³-hybridized carbons (Fsp3) is 0.222. The molecular weight excluding hydrogens is 168 g/mol. The molecule has 1 rings (SSSR count). The van der Waals surface area contributed by atoms with Crippen LogP contribution in [0.2, 0.25) is 0 Å².